The molecule has 1 unspecified atom stereocenters. The maximum absolute atomic E-state index is 4.48. The minimum absolute atomic E-state index is 0.612. The van der Waals surface area contributed by atoms with Crippen molar-refractivity contribution in [2.45, 2.75) is 26.2 Å². The lowest BCUT2D eigenvalue weighted by Crippen LogP contribution is -1.91. The van der Waals surface area contributed by atoms with Crippen molar-refractivity contribution in [2.24, 2.45) is 7.05 Å². The maximum Gasteiger partial charge on any atom is 0.140 e. The van der Waals surface area contributed by atoms with E-state index in [1.807, 2.05) is 12.3 Å². The Morgan fingerprint density at radius 1 is 1.22 bits per heavy atom. The lowest BCUT2D eigenvalue weighted by atomic mass is 9.97. The van der Waals surface area contributed by atoms with Crippen molar-refractivity contribution in [1.82, 2.24) is 9.55 Å². The standard InChI is InChI=1S/C16H18N2/c1-4-11(2)12-7-8-15-14(10-12)13-6-5-9-17-16(13)18(15)3/h5-11H,4H2,1-3H3. The molecule has 0 radical (unpaired) electrons. The Morgan fingerprint density at radius 3 is 2.83 bits per heavy atom. The highest BCUT2D eigenvalue weighted by molar-refractivity contribution is 6.06. The number of hydrogen-bond acceptors (Lipinski definition) is 1. The smallest absolute Gasteiger partial charge is 0.140 e. The van der Waals surface area contributed by atoms with Gasteiger partial charge in [0.05, 0.1) is 5.52 Å². The number of fused-ring (bicyclic) bond motifs is 3. The predicted molar refractivity (Wildman–Crippen MR) is 76.9 cm³/mol. The fourth-order valence-electron chi connectivity index (χ4n) is 2.59. The zero-order chi connectivity index (χ0) is 12.7. The zero-order valence-electron chi connectivity index (χ0n) is 11.1. The molecule has 0 aliphatic rings. The van der Waals surface area contributed by atoms with E-state index in [9.17, 15) is 0 Å². The van der Waals surface area contributed by atoms with Crippen molar-refractivity contribution in [2.75, 3.05) is 0 Å². The number of rotatable bonds is 2. The molecule has 0 aliphatic carbocycles. The molecule has 1 aromatic carbocycles. The third kappa shape index (κ3) is 1.52. The van der Waals surface area contributed by atoms with Crippen LogP contribution in [0, 0.1) is 0 Å². The van der Waals surface area contributed by atoms with Gasteiger partial charge in [0.25, 0.3) is 0 Å². The fraction of sp³-hybridized carbons (Fsp3) is 0.312. The van der Waals surface area contributed by atoms with Crippen molar-refractivity contribution in [3.8, 4) is 0 Å². The molecule has 0 amide bonds. The minimum Gasteiger partial charge on any atom is -0.328 e. The van der Waals surface area contributed by atoms with Gasteiger partial charge in [-0.25, -0.2) is 4.98 Å². The second-order valence-electron chi connectivity index (χ2n) is 5.02. The van der Waals surface area contributed by atoms with Crippen LogP contribution in [0.4, 0.5) is 0 Å². The lowest BCUT2D eigenvalue weighted by Gasteiger charge is -2.09. The van der Waals surface area contributed by atoms with Gasteiger partial charge in [-0.15, -0.1) is 0 Å². The molecule has 1 atom stereocenters. The van der Waals surface area contributed by atoms with Gasteiger partial charge in [-0.1, -0.05) is 19.9 Å². The van der Waals surface area contributed by atoms with Crippen LogP contribution >= 0.6 is 0 Å². The molecule has 18 heavy (non-hydrogen) atoms. The van der Waals surface area contributed by atoms with E-state index in [0.717, 1.165) is 5.65 Å². The predicted octanol–water partition coefficient (Wildman–Crippen LogP) is 4.24. The second kappa shape index (κ2) is 4.13. The molecule has 0 bridgehead atoms. The molecule has 0 saturated carbocycles. The van der Waals surface area contributed by atoms with E-state index in [1.54, 1.807) is 0 Å². The molecule has 0 aliphatic heterocycles. The number of nitrogens with zero attached hydrogens (tertiary/aromatic N) is 2. The third-order valence-electron chi connectivity index (χ3n) is 3.96. The summed E-state index contributed by atoms with van der Waals surface area (Å²) < 4.78 is 2.17. The summed E-state index contributed by atoms with van der Waals surface area (Å²) in [6.07, 6.45) is 3.03. The Bertz CT molecular complexity index is 710. The molecular weight excluding hydrogens is 220 g/mol. The molecular formula is C16H18N2. The Morgan fingerprint density at radius 2 is 2.06 bits per heavy atom. The molecule has 0 spiro atoms. The summed E-state index contributed by atoms with van der Waals surface area (Å²) in [4.78, 5) is 4.48. The quantitative estimate of drug-likeness (QED) is 0.653. The summed E-state index contributed by atoms with van der Waals surface area (Å²) in [7, 11) is 2.08. The normalized spacial score (nSPS) is 13.3. The fourth-order valence-corrected chi connectivity index (χ4v) is 2.59. The van der Waals surface area contributed by atoms with Crippen LogP contribution in [0.3, 0.4) is 0 Å². The van der Waals surface area contributed by atoms with Crippen molar-refractivity contribution in [1.29, 1.82) is 0 Å². The molecule has 2 heterocycles. The van der Waals surface area contributed by atoms with E-state index in [-0.39, 0.29) is 0 Å². The highest BCUT2D eigenvalue weighted by atomic mass is 15.0. The summed E-state index contributed by atoms with van der Waals surface area (Å²) in [6.45, 7) is 4.52. The van der Waals surface area contributed by atoms with E-state index in [1.165, 1.54) is 28.3 Å². The van der Waals surface area contributed by atoms with E-state index >= 15 is 0 Å². The summed E-state index contributed by atoms with van der Waals surface area (Å²) in [5, 5.41) is 2.57. The molecule has 3 rings (SSSR count). The SMILES string of the molecule is CCC(C)c1ccc2c(c1)c1cccnc1n2C. The van der Waals surface area contributed by atoms with Crippen LogP contribution in [0.5, 0.6) is 0 Å². The van der Waals surface area contributed by atoms with Gasteiger partial charge in [0.1, 0.15) is 5.65 Å². The van der Waals surface area contributed by atoms with Crippen LogP contribution in [0.2, 0.25) is 0 Å². The average Bonchev–Trinajstić information content (AvgIpc) is 2.72. The summed E-state index contributed by atoms with van der Waals surface area (Å²) in [5.74, 6) is 0.612. The Hall–Kier alpha value is -1.83. The molecule has 92 valence electrons. The first-order valence-electron chi connectivity index (χ1n) is 6.55. The van der Waals surface area contributed by atoms with Crippen LogP contribution in [0.1, 0.15) is 31.7 Å². The number of aromatic nitrogens is 2. The highest BCUT2D eigenvalue weighted by Crippen LogP contribution is 2.30. The van der Waals surface area contributed by atoms with Gasteiger partial charge in [0.2, 0.25) is 0 Å². The highest BCUT2D eigenvalue weighted by Gasteiger charge is 2.10. The van der Waals surface area contributed by atoms with Crippen LogP contribution in [0.15, 0.2) is 36.5 Å². The molecule has 2 nitrogen and oxygen atoms in total. The third-order valence-corrected chi connectivity index (χ3v) is 3.96. The van der Waals surface area contributed by atoms with E-state index in [4.69, 9.17) is 0 Å². The van der Waals surface area contributed by atoms with Crippen molar-refractivity contribution >= 4 is 21.9 Å². The summed E-state index contributed by atoms with van der Waals surface area (Å²) in [5.41, 5.74) is 3.74. The Kier molecular flexibility index (Phi) is 2.58. The number of benzene rings is 1. The van der Waals surface area contributed by atoms with E-state index < -0.39 is 0 Å². The summed E-state index contributed by atoms with van der Waals surface area (Å²) >= 11 is 0. The van der Waals surface area contributed by atoms with Crippen LogP contribution in [0.25, 0.3) is 21.9 Å². The van der Waals surface area contributed by atoms with Crippen LogP contribution in [-0.2, 0) is 7.05 Å². The average molecular weight is 238 g/mol. The monoisotopic (exact) mass is 238 g/mol. The Labute approximate surface area is 107 Å². The van der Waals surface area contributed by atoms with E-state index in [0.29, 0.717) is 5.92 Å². The largest absolute Gasteiger partial charge is 0.328 e. The molecule has 0 fully saturated rings. The van der Waals surface area contributed by atoms with Gasteiger partial charge in [0, 0.05) is 24.0 Å². The number of hydrogen-bond donors (Lipinski definition) is 0. The molecule has 0 saturated heterocycles. The van der Waals surface area contributed by atoms with Gasteiger partial charge >= 0.3 is 0 Å². The first-order chi connectivity index (χ1) is 8.72. The molecule has 2 heteroatoms. The summed E-state index contributed by atoms with van der Waals surface area (Å²) in [6, 6.07) is 11.0. The zero-order valence-corrected chi connectivity index (χ0v) is 11.1. The Balaban J connectivity index is 2.36. The molecule has 3 aromatic rings. The minimum atomic E-state index is 0.612. The topological polar surface area (TPSA) is 17.8 Å². The first kappa shape index (κ1) is 11.3. The van der Waals surface area contributed by atoms with Gasteiger partial charge < -0.3 is 4.57 Å². The van der Waals surface area contributed by atoms with Crippen molar-refractivity contribution < 1.29 is 0 Å². The van der Waals surface area contributed by atoms with Gasteiger partial charge in [-0.3, -0.25) is 0 Å². The second-order valence-corrected chi connectivity index (χ2v) is 5.02. The van der Waals surface area contributed by atoms with Crippen molar-refractivity contribution in [3.05, 3.63) is 42.1 Å². The number of pyridine rings is 1. The van der Waals surface area contributed by atoms with Crippen molar-refractivity contribution in [3.63, 3.8) is 0 Å². The maximum atomic E-state index is 4.48. The van der Waals surface area contributed by atoms with E-state index in [2.05, 4.69) is 54.7 Å². The first-order valence-corrected chi connectivity index (χ1v) is 6.55. The lowest BCUT2D eigenvalue weighted by molar-refractivity contribution is 0.734. The molecule has 2 aromatic heterocycles. The molecule has 0 N–H and O–H groups in total. The number of aryl methyl sites for hydroxylation is 1. The van der Waals surface area contributed by atoms with Crippen LogP contribution in [-0.4, -0.2) is 9.55 Å². The van der Waals surface area contributed by atoms with Gasteiger partial charge in [-0.05, 0) is 42.2 Å². The van der Waals surface area contributed by atoms with Gasteiger partial charge in [0.15, 0.2) is 0 Å². The van der Waals surface area contributed by atoms with Gasteiger partial charge in [-0.2, -0.15) is 0 Å². The van der Waals surface area contributed by atoms with Crippen LogP contribution < -0.4 is 0 Å².